The van der Waals surface area contributed by atoms with Crippen LogP contribution in [0.4, 0.5) is 27.8 Å². The summed E-state index contributed by atoms with van der Waals surface area (Å²) in [6.07, 6.45) is -0.904. The van der Waals surface area contributed by atoms with E-state index < -0.39 is 42.3 Å². The first kappa shape index (κ1) is 25.0. The minimum atomic E-state index is -2.78. The maximum Gasteiger partial charge on any atom is 0.239 e. The van der Waals surface area contributed by atoms with Crippen molar-refractivity contribution in [1.82, 2.24) is 19.9 Å². The maximum atomic E-state index is 14.0. The van der Waals surface area contributed by atoms with Crippen LogP contribution in [0.1, 0.15) is 17.9 Å². The Bertz CT molecular complexity index is 1620. The van der Waals surface area contributed by atoms with Crippen LogP contribution in [-0.2, 0) is 4.79 Å². The van der Waals surface area contributed by atoms with E-state index in [2.05, 4.69) is 25.3 Å². The zero-order valence-corrected chi connectivity index (χ0v) is 19.4. The predicted molar refractivity (Wildman–Crippen MR) is 131 cm³/mol. The summed E-state index contributed by atoms with van der Waals surface area (Å²) in [6.45, 7) is 0. The second-order valence-corrected chi connectivity index (χ2v) is 8.41. The molecule has 2 N–H and O–H groups in total. The number of H-pyrrole nitrogens is 1. The molecule has 4 heterocycles. The number of rotatable bonds is 7. The number of nitrogens with zero attached hydrogens (tertiary/aromatic N) is 3. The Hall–Kier alpha value is -4.67. The second kappa shape index (κ2) is 10.4. The molecule has 38 heavy (non-hydrogen) atoms. The van der Waals surface area contributed by atoms with Gasteiger partial charge in [-0.3, -0.25) is 9.78 Å². The Balaban J connectivity index is 1.53. The highest BCUT2D eigenvalue weighted by Crippen LogP contribution is 2.37. The molecule has 11 heteroatoms. The van der Waals surface area contributed by atoms with Crippen molar-refractivity contribution in [2.45, 2.75) is 18.8 Å². The molecule has 6 nitrogen and oxygen atoms in total. The monoisotopic (exact) mass is 523 g/mol. The van der Waals surface area contributed by atoms with Gasteiger partial charge in [-0.1, -0.05) is 12.1 Å². The lowest BCUT2D eigenvalue weighted by Gasteiger charge is -2.17. The minimum absolute atomic E-state index is 0.0461. The normalized spacial score (nSPS) is 12.2. The molecule has 1 unspecified atom stereocenters. The molecule has 0 saturated heterocycles. The van der Waals surface area contributed by atoms with Crippen LogP contribution < -0.4 is 5.32 Å². The summed E-state index contributed by atoms with van der Waals surface area (Å²) in [5.74, 6) is -3.82. The van der Waals surface area contributed by atoms with Gasteiger partial charge in [0.1, 0.15) is 23.0 Å². The molecule has 0 fully saturated rings. The molecular formula is C27H18F5N5O. The van der Waals surface area contributed by atoms with E-state index in [-0.39, 0.29) is 22.6 Å². The number of anilines is 1. The van der Waals surface area contributed by atoms with Gasteiger partial charge in [0.25, 0.3) is 0 Å². The average Bonchev–Trinajstić information content (AvgIpc) is 3.26. The second-order valence-electron chi connectivity index (χ2n) is 8.41. The van der Waals surface area contributed by atoms with Crippen molar-refractivity contribution in [3.05, 3.63) is 96.2 Å². The van der Waals surface area contributed by atoms with Gasteiger partial charge in [0.05, 0.1) is 28.4 Å². The number of aromatic nitrogens is 4. The summed E-state index contributed by atoms with van der Waals surface area (Å²) in [4.78, 5) is 28.4. The Kier molecular flexibility index (Phi) is 6.82. The lowest BCUT2D eigenvalue weighted by atomic mass is 9.95. The average molecular weight is 523 g/mol. The summed E-state index contributed by atoms with van der Waals surface area (Å²) in [5, 5.41) is 2.54. The minimum Gasteiger partial charge on any atom is -0.353 e. The van der Waals surface area contributed by atoms with Gasteiger partial charge in [-0.25, -0.2) is 27.5 Å². The third kappa shape index (κ3) is 5.22. The summed E-state index contributed by atoms with van der Waals surface area (Å²) in [5.41, 5.74) is 2.28. The van der Waals surface area contributed by atoms with Gasteiger partial charge >= 0.3 is 0 Å². The zero-order valence-electron chi connectivity index (χ0n) is 19.4. The number of aromatic amines is 1. The molecular weight excluding hydrogens is 505 g/mol. The van der Waals surface area contributed by atoms with Crippen molar-refractivity contribution >= 4 is 22.8 Å². The number of benzene rings is 1. The van der Waals surface area contributed by atoms with E-state index in [9.17, 15) is 26.7 Å². The maximum absolute atomic E-state index is 14.0. The highest BCUT2D eigenvalue weighted by Gasteiger charge is 2.26. The fraction of sp³-hybridized carbons (Fsp3) is 0.111. The lowest BCUT2D eigenvalue weighted by Crippen LogP contribution is -2.23. The van der Waals surface area contributed by atoms with Crippen molar-refractivity contribution in [1.29, 1.82) is 0 Å². The van der Waals surface area contributed by atoms with Crippen LogP contribution in [0.2, 0.25) is 0 Å². The topological polar surface area (TPSA) is 83.6 Å². The molecule has 0 spiro atoms. The van der Waals surface area contributed by atoms with Gasteiger partial charge in [-0.2, -0.15) is 4.39 Å². The zero-order chi connectivity index (χ0) is 26.8. The molecule has 0 bridgehead atoms. The molecule has 1 atom stereocenters. The molecule has 0 aliphatic heterocycles. The van der Waals surface area contributed by atoms with Gasteiger partial charge in [-0.15, -0.1) is 0 Å². The first-order valence-electron chi connectivity index (χ1n) is 11.4. The molecule has 0 saturated carbocycles. The SMILES string of the molecule is O=C(Nc1cc(-c2[nH]c3ccc(F)nc3c2-c2cc(F)ccn2)ccn1)C(CC(F)F)c1ccc(F)cc1. The van der Waals surface area contributed by atoms with Crippen LogP contribution in [-0.4, -0.2) is 32.3 Å². The van der Waals surface area contributed by atoms with Crippen molar-refractivity contribution < 1.29 is 26.7 Å². The fourth-order valence-electron chi connectivity index (χ4n) is 4.19. The number of pyridine rings is 3. The van der Waals surface area contributed by atoms with Crippen molar-refractivity contribution in [2.24, 2.45) is 0 Å². The van der Waals surface area contributed by atoms with Crippen molar-refractivity contribution in [3.63, 3.8) is 0 Å². The first-order chi connectivity index (χ1) is 18.3. The van der Waals surface area contributed by atoms with Crippen LogP contribution in [0.25, 0.3) is 33.5 Å². The molecule has 0 aliphatic carbocycles. The number of fused-ring (bicyclic) bond motifs is 1. The van der Waals surface area contributed by atoms with Crippen LogP contribution in [0, 0.1) is 17.6 Å². The van der Waals surface area contributed by atoms with E-state index in [1.54, 1.807) is 6.07 Å². The molecule has 1 amide bonds. The summed E-state index contributed by atoms with van der Waals surface area (Å²) >= 11 is 0. The van der Waals surface area contributed by atoms with E-state index in [1.165, 1.54) is 54.9 Å². The Labute approximate surface area is 212 Å². The van der Waals surface area contributed by atoms with Gasteiger partial charge in [0, 0.05) is 30.4 Å². The molecule has 0 radical (unpaired) electrons. The third-order valence-corrected chi connectivity index (χ3v) is 5.89. The first-order valence-corrected chi connectivity index (χ1v) is 11.4. The Morgan fingerprint density at radius 3 is 2.39 bits per heavy atom. The van der Waals surface area contributed by atoms with Crippen LogP contribution in [0.15, 0.2) is 73.1 Å². The highest BCUT2D eigenvalue weighted by atomic mass is 19.3. The standard InChI is InChI=1S/C27H18F5N5O/c28-16-3-1-14(2-4-16)18(13-21(30)31)27(38)37-23-11-15(7-9-34-23)25-24(20-12-17(29)8-10-33-20)26-19(35-25)5-6-22(32)36-26/h1-12,18,21,35H,13H2,(H,34,37,38). The van der Waals surface area contributed by atoms with Crippen molar-refractivity contribution in [2.75, 3.05) is 5.32 Å². The third-order valence-electron chi connectivity index (χ3n) is 5.89. The number of halogens is 5. The number of alkyl halides is 2. The molecule has 5 rings (SSSR count). The molecule has 4 aromatic heterocycles. The number of nitrogens with one attached hydrogen (secondary N) is 2. The van der Waals surface area contributed by atoms with Crippen LogP contribution >= 0.6 is 0 Å². The largest absolute Gasteiger partial charge is 0.353 e. The summed E-state index contributed by atoms with van der Waals surface area (Å²) in [7, 11) is 0. The van der Waals surface area contributed by atoms with Crippen LogP contribution in [0.3, 0.4) is 0 Å². The Morgan fingerprint density at radius 1 is 0.895 bits per heavy atom. The van der Waals surface area contributed by atoms with Gasteiger partial charge < -0.3 is 10.3 Å². The van der Waals surface area contributed by atoms with Gasteiger partial charge in [-0.05, 0) is 48.0 Å². The van der Waals surface area contributed by atoms with Gasteiger partial charge in [0.2, 0.25) is 18.3 Å². The van der Waals surface area contributed by atoms with E-state index in [1.807, 2.05) is 0 Å². The number of amides is 1. The van der Waals surface area contributed by atoms with E-state index in [0.717, 1.165) is 12.1 Å². The van der Waals surface area contributed by atoms with Crippen LogP contribution in [0.5, 0.6) is 0 Å². The number of hydrogen-bond acceptors (Lipinski definition) is 4. The fourth-order valence-corrected chi connectivity index (χ4v) is 4.19. The van der Waals surface area contributed by atoms with Gasteiger partial charge in [0.15, 0.2) is 0 Å². The number of hydrogen-bond donors (Lipinski definition) is 2. The lowest BCUT2D eigenvalue weighted by molar-refractivity contribution is -0.118. The molecule has 192 valence electrons. The smallest absolute Gasteiger partial charge is 0.239 e. The highest BCUT2D eigenvalue weighted by molar-refractivity contribution is 6.01. The van der Waals surface area contributed by atoms with E-state index >= 15 is 0 Å². The molecule has 1 aromatic carbocycles. The van der Waals surface area contributed by atoms with E-state index in [0.29, 0.717) is 22.3 Å². The van der Waals surface area contributed by atoms with E-state index in [4.69, 9.17) is 0 Å². The quantitative estimate of drug-likeness (QED) is 0.189. The summed E-state index contributed by atoms with van der Waals surface area (Å²) < 4.78 is 67.9. The molecule has 0 aliphatic rings. The molecule has 5 aromatic rings. The summed E-state index contributed by atoms with van der Waals surface area (Å²) in [6, 6.07) is 12.8. The number of carbonyl (C=O) groups excluding carboxylic acids is 1. The predicted octanol–water partition coefficient (Wildman–Crippen LogP) is 6.48. The number of carbonyl (C=O) groups is 1. The Morgan fingerprint density at radius 2 is 1.66 bits per heavy atom. The van der Waals surface area contributed by atoms with Crippen molar-refractivity contribution in [3.8, 4) is 22.5 Å².